The highest BCUT2D eigenvalue weighted by atomic mass is 16.5. The third-order valence-corrected chi connectivity index (χ3v) is 12.1. The fourth-order valence-corrected chi connectivity index (χ4v) is 7.80. The number of carbonyl (C=O) groups excluding carboxylic acids is 4. The molecule has 68 heavy (non-hydrogen) atoms. The smallest absolute Gasteiger partial charge is 0.245 e. The molecule has 0 aromatic rings. The summed E-state index contributed by atoms with van der Waals surface area (Å²) in [4.78, 5) is 51.8. The van der Waals surface area contributed by atoms with Gasteiger partial charge in [-0.1, -0.05) is 161 Å². The van der Waals surface area contributed by atoms with Crippen LogP contribution in [0.25, 0.3) is 0 Å². The first-order valence-corrected chi connectivity index (χ1v) is 28.2. The summed E-state index contributed by atoms with van der Waals surface area (Å²) < 4.78 is 16.4. The van der Waals surface area contributed by atoms with Crippen molar-refractivity contribution in [3.8, 4) is 0 Å². The molecule has 398 valence electrons. The molecule has 0 rings (SSSR count). The van der Waals surface area contributed by atoms with Crippen LogP contribution in [-0.2, 0) is 33.4 Å². The van der Waals surface area contributed by atoms with Gasteiger partial charge in [0.1, 0.15) is 6.61 Å². The number of hydrogen-bond donors (Lipinski definition) is 4. The standard InChI is InChI=1S/C56H107N5O7/c1-4-7-10-12-14-16-18-20-22-24-26-28-30-32-34-37-53(62)58-41-44-61(45-42-59-54(63)38-35-33-31-29-27-25-23-21-19-17-15-13-11-8-5-2)46-43-60-55(64)39-47-66-48-49-67-50-51-68-52-56(65)57-40-36-9-6-3/h20-23H,4-19,24-52H2,1-3H3,(H,57,65)(H,58,62)(H,59,63)(H,60,64)/b22-20-,23-21-. The summed E-state index contributed by atoms with van der Waals surface area (Å²) in [6, 6.07) is 0. The Hall–Kier alpha value is -2.80. The Bertz CT molecular complexity index is 1130. The maximum Gasteiger partial charge on any atom is 0.245 e. The summed E-state index contributed by atoms with van der Waals surface area (Å²) in [5, 5.41) is 12.0. The number of nitrogens with one attached hydrogen (secondary N) is 4. The van der Waals surface area contributed by atoms with Gasteiger partial charge >= 0.3 is 0 Å². The molecule has 0 unspecified atom stereocenters. The quantitative estimate of drug-likeness (QED) is 0.0348. The van der Waals surface area contributed by atoms with Crippen molar-refractivity contribution in [3.63, 3.8) is 0 Å². The first kappa shape index (κ1) is 65.2. The lowest BCUT2D eigenvalue weighted by atomic mass is 10.1. The van der Waals surface area contributed by atoms with Crippen molar-refractivity contribution >= 4 is 23.6 Å². The fourth-order valence-electron chi connectivity index (χ4n) is 7.80. The Kier molecular flexibility index (Phi) is 52.9. The topological polar surface area (TPSA) is 147 Å². The lowest BCUT2D eigenvalue weighted by molar-refractivity contribution is -0.126. The predicted molar refractivity (Wildman–Crippen MR) is 284 cm³/mol. The first-order chi connectivity index (χ1) is 33.4. The zero-order valence-electron chi connectivity index (χ0n) is 44.4. The summed E-state index contributed by atoms with van der Waals surface area (Å²) in [5.74, 6) is -0.0313. The van der Waals surface area contributed by atoms with Crippen molar-refractivity contribution in [2.45, 2.75) is 226 Å². The molecule has 0 aliphatic carbocycles. The molecule has 0 heterocycles. The normalized spacial score (nSPS) is 11.6. The zero-order chi connectivity index (χ0) is 49.5. The average molecular weight is 962 g/mol. The lowest BCUT2D eigenvalue weighted by Gasteiger charge is -2.23. The Morgan fingerprint density at radius 1 is 0.338 bits per heavy atom. The minimum Gasteiger partial charge on any atom is -0.379 e. The largest absolute Gasteiger partial charge is 0.379 e. The Morgan fingerprint density at radius 2 is 0.662 bits per heavy atom. The molecule has 0 atom stereocenters. The van der Waals surface area contributed by atoms with Gasteiger partial charge in [0.25, 0.3) is 0 Å². The van der Waals surface area contributed by atoms with Crippen LogP contribution in [0.3, 0.4) is 0 Å². The highest BCUT2D eigenvalue weighted by Crippen LogP contribution is 2.12. The monoisotopic (exact) mass is 962 g/mol. The number of nitrogens with zero attached hydrogens (tertiary/aromatic N) is 1. The Balaban J connectivity index is 4.36. The van der Waals surface area contributed by atoms with Crippen molar-refractivity contribution in [2.75, 3.05) is 85.5 Å². The van der Waals surface area contributed by atoms with E-state index in [9.17, 15) is 19.2 Å². The third kappa shape index (κ3) is 52.6. The number of rotatable bonds is 54. The van der Waals surface area contributed by atoms with Crippen LogP contribution in [0.15, 0.2) is 24.3 Å². The third-order valence-electron chi connectivity index (χ3n) is 12.1. The van der Waals surface area contributed by atoms with E-state index in [0.717, 1.165) is 57.8 Å². The van der Waals surface area contributed by atoms with E-state index in [1.54, 1.807) is 0 Å². The van der Waals surface area contributed by atoms with E-state index in [-0.39, 0.29) is 36.7 Å². The van der Waals surface area contributed by atoms with Crippen LogP contribution in [-0.4, -0.2) is 114 Å². The zero-order valence-corrected chi connectivity index (χ0v) is 44.4. The lowest BCUT2D eigenvalue weighted by Crippen LogP contribution is -2.43. The van der Waals surface area contributed by atoms with Gasteiger partial charge in [-0.3, -0.25) is 24.1 Å². The van der Waals surface area contributed by atoms with Crippen LogP contribution in [0, 0.1) is 0 Å². The Morgan fingerprint density at radius 3 is 1.09 bits per heavy atom. The molecular formula is C56H107N5O7. The van der Waals surface area contributed by atoms with Gasteiger partial charge in [-0.15, -0.1) is 0 Å². The SMILES string of the molecule is CCCCCCCC/C=C\CCCCCCCC(=O)NCCN(CCNC(=O)CCCCCCC/C=C\CCCCCCCC)CCNC(=O)CCOCCOCCOCC(=O)NCCCCC. The van der Waals surface area contributed by atoms with Crippen LogP contribution in [0.4, 0.5) is 0 Å². The molecule has 0 bridgehead atoms. The van der Waals surface area contributed by atoms with Gasteiger partial charge in [-0.05, 0) is 70.6 Å². The summed E-state index contributed by atoms with van der Waals surface area (Å²) in [5.41, 5.74) is 0. The number of amides is 4. The molecule has 0 saturated carbocycles. The van der Waals surface area contributed by atoms with Crippen molar-refractivity contribution in [1.82, 2.24) is 26.2 Å². The average Bonchev–Trinajstić information content (AvgIpc) is 3.33. The van der Waals surface area contributed by atoms with Gasteiger partial charge in [-0.25, -0.2) is 0 Å². The van der Waals surface area contributed by atoms with Gasteiger partial charge in [0.05, 0.1) is 33.0 Å². The van der Waals surface area contributed by atoms with Gasteiger partial charge in [0, 0.05) is 65.1 Å². The molecule has 0 fully saturated rings. The highest BCUT2D eigenvalue weighted by Gasteiger charge is 2.10. The molecule has 4 amide bonds. The number of unbranched alkanes of at least 4 members (excludes halogenated alkanes) is 24. The van der Waals surface area contributed by atoms with Gasteiger partial charge in [0.15, 0.2) is 0 Å². The molecule has 12 nitrogen and oxygen atoms in total. The van der Waals surface area contributed by atoms with Crippen LogP contribution in [0.1, 0.15) is 226 Å². The van der Waals surface area contributed by atoms with E-state index in [0.29, 0.717) is 91.7 Å². The van der Waals surface area contributed by atoms with Crippen LogP contribution >= 0.6 is 0 Å². The van der Waals surface area contributed by atoms with Crippen molar-refractivity contribution in [2.24, 2.45) is 0 Å². The second-order valence-corrected chi connectivity index (χ2v) is 18.6. The van der Waals surface area contributed by atoms with Crippen molar-refractivity contribution < 1.29 is 33.4 Å². The van der Waals surface area contributed by atoms with E-state index >= 15 is 0 Å². The van der Waals surface area contributed by atoms with Gasteiger partial charge < -0.3 is 35.5 Å². The second-order valence-electron chi connectivity index (χ2n) is 18.6. The molecule has 0 aliphatic rings. The number of allylic oxidation sites excluding steroid dienone is 4. The van der Waals surface area contributed by atoms with Crippen LogP contribution in [0.2, 0.25) is 0 Å². The number of ether oxygens (including phenoxy) is 3. The summed E-state index contributed by atoms with van der Waals surface area (Å²) in [7, 11) is 0. The number of carbonyl (C=O) groups is 4. The highest BCUT2D eigenvalue weighted by molar-refractivity contribution is 5.77. The first-order valence-electron chi connectivity index (χ1n) is 28.2. The fraction of sp³-hybridized carbons (Fsp3) is 0.857. The van der Waals surface area contributed by atoms with E-state index in [4.69, 9.17) is 14.2 Å². The summed E-state index contributed by atoms with van der Waals surface area (Å²) in [6.45, 7) is 12.5. The Labute approximate surface area is 417 Å². The summed E-state index contributed by atoms with van der Waals surface area (Å²) >= 11 is 0. The minimum absolute atomic E-state index is 0.0303. The van der Waals surface area contributed by atoms with Crippen molar-refractivity contribution in [3.05, 3.63) is 24.3 Å². The van der Waals surface area contributed by atoms with E-state index in [2.05, 4.69) is 71.2 Å². The van der Waals surface area contributed by atoms with Gasteiger partial charge in [-0.2, -0.15) is 0 Å². The molecule has 0 saturated heterocycles. The summed E-state index contributed by atoms with van der Waals surface area (Å²) in [6.07, 6.45) is 46.0. The molecule has 0 spiro atoms. The van der Waals surface area contributed by atoms with E-state index in [1.165, 1.54) is 128 Å². The van der Waals surface area contributed by atoms with Crippen molar-refractivity contribution in [1.29, 1.82) is 0 Å². The maximum absolute atomic E-state index is 12.6. The van der Waals surface area contributed by atoms with Crippen LogP contribution in [0.5, 0.6) is 0 Å². The number of hydrogen-bond acceptors (Lipinski definition) is 8. The molecule has 0 aromatic carbocycles. The minimum atomic E-state index is -0.110. The molecule has 0 radical (unpaired) electrons. The molecule has 0 aliphatic heterocycles. The van der Waals surface area contributed by atoms with Crippen LogP contribution < -0.4 is 21.3 Å². The maximum atomic E-state index is 12.6. The predicted octanol–water partition coefficient (Wildman–Crippen LogP) is 11.5. The van der Waals surface area contributed by atoms with E-state index in [1.807, 2.05) is 0 Å². The molecule has 0 aromatic heterocycles. The molecule has 12 heteroatoms. The second kappa shape index (κ2) is 55.1. The van der Waals surface area contributed by atoms with E-state index < -0.39 is 0 Å². The molecular weight excluding hydrogens is 855 g/mol. The molecule has 4 N–H and O–H groups in total. The van der Waals surface area contributed by atoms with Gasteiger partial charge in [0.2, 0.25) is 23.6 Å².